The van der Waals surface area contributed by atoms with E-state index in [1.165, 1.54) is 19.2 Å². The van der Waals surface area contributed by atoms with Gasteiger partial charge in [-0.25, -0.2) is 17.5 Å². The van der Waals surface area contributed by atoms with E-state index in [0.29, 0.717) is 5.92 Å². The Morgan fingerprint density at radius 3 is 2.74 bits per heavy atom. The average molecular weight is 288 g/mol. The Hall–Kier alpha value is -1.18. The van der Waals surface area contributed by atoms with E-state index >= 15 is 0 Å². The molecule has 1 aromatic carbocycles. The molecule has 0 heterocycles. The maximum Gasteiger partial charge on any atom is 0.240 e. The Morgan fingerprint density at radius 1 is 1.53 bits per heavy atom. The highest BCUT2D eigenvalue weighted by Gasteiger charge is 2.29. The fraction of sp³-hybridized carbons (Fsp3) is 0.500. The van der Waals surface area contributed by atoms with E-state index in [0.717, 1.165) is 18.9 Å². The van der Waals surface area contributed by atoms with Crippen molar-refractivity contribution in [1.82, 2.24) is 4.72 Å². The molecular weight excluding hydrogens is 271 g/mol. The third-order valence-electron chi connectivity index (χ3n) is 3.17. The lowest BCUT2D eigenvalue weighted by Gasteiger charge is -2.12. The van der Waals surface area contributed by atoms with Gasteiger partial charge >= 0.3 is 0 Å². The van der Waals surface area contributed by atoms with E-state index in [9.17, 15) is 12.8 Å². The molecule has 1 fully saturated rings. The third kappa shape index (κ3) is 3.43. The molecule has 0 amide bonds. The molecular formula is C12H17FN2O3S. The second-order valence-corrected chi connectivity index (χ2v) is 6.42. The van der Waals surface area contributed by atoms with Gasteiger partial charge in [0, 0.05) is 12.6 Å². The van der Waals surface area contributed by atoms with Gasteiger partial charge in [0.1, 0.15) is 0 Å². The molecule has 3 N–H and O–H groups in total. The predicted octanol–water partition coefficient (Wildman–Crippen LogP) is 0.850. The smallest absolute Gasteiger partial charge is 0.240 e. The first-order valence-electron chi connectivity index (χ1n) is 6.03. The molecule has 19 heavy (non-hydrogen) atoms. The minimum absolute atomic E-state index is 0.00799. The Morgan fingerprint density at radius 2 is 2.21 bits per heavy atom. The molecule has 0 radical (unpaired) electrons. The number of sulfonamides is 1. The highest BCUT2D eigenvalue weighted by molar-refractivity contribution is 7.89. The highest BCUT2D eigenvalue weighted by atomic mass is 32.2. The second kappa shape index (κ2) is 5.44. The number of ether oxygens (including phenoxy) is 1. The lowest BCUT2D eigenvalue weighted by Crippen LogP contribution is -2.38. The summed E-state index contributed by atoms with van der Waals surface area (Å²) >= 11 is 0. The maximum absolute atomic E-state index is 13.5. The average Bonchev–Trinajstić information content (AvgIpc) is 3.20. The minimum atomic E-state index is -3.73. The SMILES string of the molecule is COc1ccc(S(=O)(=O)NCC(N)C2CC2)cc1F. The third-order valence-corrected chi connectivity index (χ3v) is 4.59. The number of halogens is 1. The van der Waals surface area contributed by atoms with Crippen LogP contribution in [0.2, 0.25) is 0 Å². The lowest BCUT2D eigenvalue weighted by atomic mass is 10.2. The van der Waals surface area contributed by atoms with E-state index in [1.807, 2.05) is 0 Å². The summed E-state index contributed by atoms with van der Waals surface area (Å²) in [6.45, 7) is 0.167. The summed E-state index contributed by atoms with van der Waals surface area (Å²) in [4.78, 5) is -0.131. The summed E-state index contributed by atoms with van der Waals surface area (Å²) in [6.07, 6.45) is 2.08. The first-order valence-corrected chi connectivity index (χ1v) is 7.51. The summed E-state index contributed by atoms with van der Waals surface area (Å²) in [6, 6.07) is 3.33. The minimum Gasteiger partial charge on any atom is -0.494 e. The van der Waals surface area contributed by atoms with Crippen molar-refractivity contribution in [2.45, 2.75) is 23.8 Å². The molecule has 0 spiro atoms. The first-order chi connectivity index (χ1) is 8.94. The number of hydrogen-bond acceptors (Lipinski definition) is 4. The van der Waals surface area contributed by atoms with Crippen LogP contribution in [0, 0.1) is 11.7 Å². The second-order valence-electron chi connectivity index (χ2n) is 4.65. The zero-order chi connectivity index (χ0) is 14.0. The van der Waals surface area contributed by atoms with Gasteiger partial charge in [-0.05, 0) is 37.0 Å². The van der Waals surface area contributed by atoms with Crippen molar-refractivity contribution in [1.29, 1.82) is 0 Å². The maximum atomic E-state index is 13.5. The number of hydrogen-bond donors (Lipinski definition) is 2. The monoisotopic (exact) mass is 288 g/mol. The van der Waals surface area contributed by atoms with Crippen LogP contribution in [0.1, 0.15) is 12.8 Å². The largest absolute Gasteiger partial charge is 0.494 e. The molecule has 1 unspecified atom stereocenters. The molecule has 5 nitrogen and oxygen atoms in total. The van der Waals surface area contributed by atoms with Crippen LogP contribution < -0.4 is 15.2 Å². The molecule has 2 rings (SSSR count). The topological polar surface area (TPSA) is 81.4 Å². The number of nitrogens with two attached hydrogens (primary N) is 1. The standard InChI is InChI=1S/C12H17FN2O3S/c1-18-12-5-4-9(6-10(12)13)19(16,17)15-7-11(14)8-2-3-8/h4-6,8,11,15H,2-3,7,14H2,1H3. The quantitative estimate of drug-likeness (QED) is 0.813. The van der Waals surface area contributed by atoms with Crippen molar-refractivity contribution in [3.63, 3.8) is 0 Å². The van der Waals surface area contributed by atoms with E-state index < -0.39 is 15.8 Å². The van der Waals surface area contributed by atoms with Crippen LogP contribution in [0.4, 0.5) is 4.39 Å². The lowest BCUT2D eigenvalue weighted by molar-refractivity contribution is 0.385. The zero-order valence-corrected chi connectivity index (χ0v) is 11.4. The van der Waals surface area contributed by atoms with Crippen LogP contribution in [0.15, 0.2) is 23.1 Å². The summed E-state index contributed by atoms with van der Waals surface area (Å²) in [5.74, 6) is -0.305. The molecule has 0 saturated heterocycles. The van der Waals surface area contributed by atoms with Crippen molar-refractivity contribution in [3.8, 4) is 5.75 Å². The van der Waals surface area contributed by atoms with Crippen molar-refractivity contribution in [3.05, 3.63) is 24.0 Å². The van der Waals surface area contributed by atoms with Gasteiger partial charge in [0.25, 0.3) is 0 Å². The van der Waals surface area contributed by atoms with Gasteiger partial charge in [0.15, 0.2) is 11.6 Å². The van der Waals surface area contributed by atoms with Crippen LogP contribution in [0.3, 0.4) is 0 Å². The number of nitrogens with one attached hydrogen (secondary N) is 1. The first kappa shape index (κ1) is 14.2. The number of benzene rings is 1. The summed E-state index contributed by atoms with van der Waals surface area (Å²) in [5, 5.41) is 0. The molecule has 1 aromatic rings. The van der Waals surface area contributed by atoms with Crippen LogP contribution in [-0.4, -0.2) is 28.1 Å². The zero-order valence-electron chi connectivity index (χ0n) is 10.6. The predicted molar refractivity (Wildman–Crippen MR) is 68.8 cm³/mol. The van der Waals surface area contributed by atoms with Gasteiger partial charge in [-0.3, -0.25) is 0 Å². The van der Waals surface area contributed by atoms with Gasteiger partial charge < -0.3 is 10.5 Å². The highest BCUT2D eigenvalue weighted by Crippen LogP contribution is 2.31. The Bertz CT molecular complexity index is 558. The number of methoxy groups -OCH3 is 1. The van der Waals surface area contributed by atoms with Crippen molar-refractivity contribution < 1.29 is 17.5 Å². The van der Waals surface area contributed by atoms with Crippen LogP contribution >= 0.6 is 0 Å². The molecule has 0 bridgehead atoms. The molecule has 7 heteroatoms. The molecule has 106 valence electrons. The molecule has 1 aliphatic rings. The Balaban J connectivity index is 2.07. The van der Waals surface area contributed by atoms with Gasteiger partial charge in [-0.1, -0.05) is 0 Å². The van der Waals surface area contributed by atoms with E-state index in [-0.39, 0.29) is 23.2 Å². The summed E-state index contributed by atoms with van der Waals surface area (Å²) < 4.78 is 44.5. The molecule has 1 saturated carbocycles. The van der Waals surface area contributed by atoms with Crippen LogP contribution in [0.25, 0.3) is 0 Å². The van der Waals surface area contributed by atoms with Gasteiger partial charge in [0.05, 0.1) is 12.0 Å². The molecule has 1 aliphatic carbocycles. The fourth-order valence-electron chi connectivity index (χ4n) is 1.79. The van der Waals surface area contributed by atoms with Crippen LogP contribution in [-0.2, 0) is 10.0 Å². The van der Waals surface area contributed by atoms with Crippen molar-refractivity contribution in [2.75, 3.05) is 13.7 Å². The molecule has 0 aromatic heterocycles. The van der Waals surface area contributed by atoms with Gasteiger partial charge in [-0.15, -0.1) is 0 Å². The van der Waals surface area contributed by atoms with Gasteiger partial charge in [-0.2, -0.15) is 0 Å². The number of rotatable bonds is 6. The molecule has 1 atom stereocenters. The van der Waals surface area contributed by atoms with E-state index in [4.69, 9.17) is 10.5 Å². The van der Waals surface area contributed by atoms with Crippen LogP contribution in [0.5, 0.6) is 5.75 Å². The van der Waals surface area contributed by atoms with Crippen molar-refractivity contribution in [2.24, 2.45) is 11.7 Å². The summed E-state index contributed by atoms with van der Waals surface area (Å²) in [5.41, 5.74) is 5.82. The van der Waals surface area contributed by atoms with E-state index in [2.05, 4.69) is 4.72 Å². The fourth-order valence-corrected chi connectivity index (χ4v) is 2.88. The molecule has 0 aliphatic heterocycles. The van der Waals surface area contributed by atoms with Gasteiger partial charge in [0.2, 0.25) is 10.0 Å². The van der Waals surface area contributed by atoms with E-state index in [1.54, 1.807) is 0 Å². The van der Waals surface area contributed by atoms with Crippen molar-refractivity contribution >= 4 is 10.0 Å². The Kier molecular flexibility index (Phi) is 4.07. The normalized spacial score (nSPS) is 17.2. The Labute approximate surface area is 112 Å². The summed E-state index contributed by atoms with van der Waals surface area (Å²) in [7, 11) is -2.42.